The fraction of sp³-hybridized carbons (Fsp3) is 0.739. The monoisotopic (exact) mass is 415 g/mol. The Morgan fingerprint density at radius 2 is 2.07 bits per heavy atom. The zero-order valence-corrected chi connectivity index (χ0v) is 17.9. The summed E-state index contributed by atoms with van der Waals surface area (Å²) in [6.07, 6.45) is 12.6. The Morgan fingerprint density at radius 3 is 2.69 bits per heavy atom. The Morgan fingerprint density at radius 1 is 1.31 bits per heavy atom. The van der Waals surface area contributed by atoms with E-state index in [0.29, 0.717) is 18.1 Å². The van der Waals surface area contributed by atoms with E-state index in [9.17, 15) is 18.9 Å². The maximum absolute atomic E-state index is 14.1. The second kappa shape index (κ2) is 6.04. The van der Waals surface area contributed by atoms with Gasteiger partial charge >= 0.3 is 0 Å². The highest BCUT2D eigenvalue weighted by Gasteiger charge is 2.74. The molecular weight excluding hydrogens is 386 g/mol. The Balaban J connectivity index is 1.54. The first-order valence-electron chi connectivity index (χ1n) is 10.8. The molecule has 2 amide bonds. The molecule has 156 valence electrons. The van der Waals surface area contributed by atoms with E-state index in [1.54, 1.807) is 0 Å². The van der Waals surface area contributed by atoms with Crippen molar-refractivity contribution in [3.63, 3.8) is 0 Å². The smallest absolute Gasteiger partial charge is 0.249 e. The minimum atomic E-state index is -1.54. The van der Waals surface area contributed by atoms with E-state index in [-0.39, 0.29) is 35.6 Å². The minimum absolute atomic E-state index is 0.0217. The van der Waals surface area contributed by atoms with Gasteiger partial charge in [-0.1, -0.05) is 26.0 Å². The van der Waals surface area contributed by atoms with Crippen LogP contribution in [0.1, 0.15) is 46.0 Å². The molecule has 0 aromatic carbocycles. The summed E-state index contributed by atoms with van der Waals surface area (Å²) >= 11 is 0. The van der Waals surface area contributed by atoms with Crippen LogP contribution >= 0.6 is 0 Å². The van der Waals surface area contributed by atoms with Gasteiger partial charge in [-0.25, -0.2) is 0 Å². The minimum Gasteiger partial charge on any atom is -0.392 e. The van der Waals surface area contributed by atoms with E-state index in [0.717, 1.165) is 25.7 Å². The Bertz CT molecular complexity index is 888. The summed E-state index contributed by atoms with van der Waals surface area (Å²) in [4.78, 5) is 28.1. The molecule has 0 radical (unpaired) electrons. The van der Waals surface area contributed by atoms with E-state index in [1.807, 2.05) is 12.2 Å². The molecule has 6 heteroatoms. The van der Waals surface area contributed by atoms with Crippen molar-refractivity contribution in [2.75, 3.05) is 12.3 Å². The van der Waals surface area contributed by atoms with Crippen molar-refractivity contribution in [1.29, 1.82) is 0 Å². The summed E-state index contributed by atoms with van der Waals surface area (Å²) in [5.41, 5.74) is -0.556. The van der Waals surface area contributed by atoms with E-state index in [1.165, 1.54) is 4.90 Å². The molecule has 4 fully saturated rings. The Hall–Kier alpha value is -1.45. The van der Waals surface area contributed by atoms with Crippen molar-refractivity contribution in [2.45, 2.75) is 56.8 Å². The zero-order valence-electron chi connectivity index (χ0n) is 17.1. The predicted octanol–water partition coefficient (Wildman–Crippen LogP) is 1.88. The predicted molar refractivity (Wildman–Crippen MR) is 110 cm³/mol. The quantitative estimate of drug-likeness (QED) is 0.423. The summed E-state index contributed by atoms with van der Waals surface area (Å²) in [5, 5.41) is 10.9. The van der Waals surface area contributed by atoms with Crippen LogP contribution in [0.15, 0.2) is 12.2 Å². The molecule has 5 nitrogen and oxygen atoms in total. The average Bonchev–Trinajstić information content (AvgIpc) is 3.41. The van der Waals surface area contributed by atoms with Crippen molar-refractivity contribution < 1.29 is 18.9 Å². The van der Waals surface area contributed by atoms with Crippen molar-refractivity contribution in [2.24, 2.45) is 34.5 Å². The first-order valence-corrected chi connectivity index (χ1v) is 12.1. The number of carbonyl (C=O) groups is 2. The molecule has 0 unspecified atom stereocenters. The van der Waals surface area contributed by atoms with Crippen LogP contribution in [0.25, 0.3) is 0 Å². The van der Waals surface area contributed by atoms with Crippen molar-refractivity contribution in [3.8, 4) is 12.3 Å². The van der Waals surface area contributed by atoms with Crippen LogP contribution in [0.2, 0.25) is 0 Å². The van der Waals surface area contributed by atoms with Crippen LogP contribution in [-0.4, -0.2) is 49.2 Å². The summed E-state index contributed by atoms with van der Waals surface area (Å²) in [6, 6.07) is 0. The Labute approximate surface area is 174 Å². The second-order valence-electron chi connectivity index (χ2n) is 10.3. The van der Waals surface area contributed by atoms with Crippen molar-refractivity contribution in [3.05, 3.63) is 12.2 Å². The van der Waals surface area contributed by atoms with E-state index in [4.69, 9.17) is 6.42 Å². The number of hydrogen-bond acceptors (Lipinski definition) is 4. The fourth-order valence-electron chi connectivity index (χ4n) is 7.51. The van der Waals surface area contributed by atoms with Gasteiger partial charge in [0.05, 0.1) is 12.0 Å². The number of amides is 2. The number of allylic oxidation sites excluding steroid dienone is 2. The highest BCUT2D eigenvalue weighted by Crippen LogP contribution is 2.67. The van der Waals surface area contributed by atoms with E-state index < -0.39 is 33.0 Å². The number of aliphatic hydroxyl groups excluding tert-OH is 1. The lowest BCUT2D eigenvalue weighted by Crippen LogP contribution is -2.55. The van der Waals surface area contributed by atoms with Crippen LogP contribution in [-0.2, 0) is 20.4 Å². The van der Waals surface area contributed by atoms with Gasteiger partial charge in [0.2, 0.25) is 11.8 Å². The van der Waals surface area contributed by atoms with Crippen LogP contribution in [0, 0.1) is 46.8 Å². The van der Waals surface area contributed by atoms with Gasteiger partial charge in [0.15, 0.2) is 0 Å². The van der Waals surface area contributed by atoms with Gasteiger partial charge in [0, 0.05) is 40.9 Å². The number of rotatable bonds is 5. The Kier molecular flexibility index (Phi) is 4.07. The number of aliphatic hydroxyl groups is 1. The lowest BCUT2D eigenvalue weighted by Gasteiger charge is -2.43. The standard InChI is InChI=1S/C23H29NO4S/c1-4-5-10-24-19(26)18-14-6-7-16(11-14)23(18,20(24)27)29(28)13-22-9-8-15(12-17(22)25)21(22,2)3/h1,6-7,14-18,25H,5,8-13H2,2-3H3/t14-,15+,16+,17+,18+,22+,23-,29+/m0/s1. The normalized spacial score (nSPS) is 47.1. The van der Waals surface area contributed by atoms with Gasteiger partial charge < -0.3 is 5.11 Å². The number of carbonyl (C=O) groups excluding carboxylic acids is 2. The molecule has 1 N–H and O–H groups in total. The van der Waals surface area contributed by atoms with Gasteiger partial charge in [-0.2, -0.15) is 0 Å². The van der Waals surface area contributed by atoms with E-state index >= 15 is 0 Å². The topological polar surface area (TPSA) is 74.7 Å². The molecule has 8 atom stereocenters. The lowest BCUT2D eigenvalue weighted by molar-refractivity contribution is -0.140. The first-order chi connectivity index (χ1) is 13.7. The molecule has 1 heterocycles. The molecule has 1 aliphatic heterocycles. The van der Waals surface area contributed by atoms with Gasteiger partial charge in [-0.15, -0.1) is 12.3 Å². The van der Waals surface area contributed by atoms with Crippen molar-refractivity contribution >= 4 is 22.6 Å². The summed E-state index contributed by atoms with van der Waals surface area (Å²) in [5.74, 6) is 2.00. The molecular formula is C23H29NO4S. The molecule has 0 aromatic heterocycles. The van der Waals surface area contributed by atoms with Crippen LogP contribution in [0.4, 0.5) is 0 Å². The fourth-order valence-corrected chi connectivity index (χ4v) is 10.3. The second-order valence-corrected chi connectivity index (χ2v) is 11.9. The third kappa shape index (κ3) is 2.09. The zero-order chi connectivity index (χ0) is 20.8. The number of hydrogen-bond donors (Lipinski definition) is 1. The van der Waals surface area contributed by atoms with Gasteiger partial charge in [-0.3, -0.25) is 18.7 Å². The van der Waals surface area contributed by atoms with Crippen molar-refractivity contribution in [1.82, 2.24) is 4.90 Å². The highest BCUT2D eigenvalue weighted by atomic mass is 32.2. The highest BCUT2D eigenvalue weighted by molar-refractivity contribution is 7.87. The van der Waals surface area contributed by atoms with Crippen LogP contribution in [0.5, 0.6) is 0 Å². The summed E-state index contributed by atoms with van der Waals surface area (Å²) in [6.45, 7) is 4.55. The summed E-state index contributed by atoms with van der Waals surface area (Å²) < 4.78 is 12.9. The molecule has 4 aliphatic carbocycles. The van der Waals surface area contributed by atoms with Gasteiger partial charge in [0.25, 0.3) is 0 Å². The van der Waals surface area contributed by atoms with Gasteiger partial charge in [0.1, 0.15) is 4.75 Å². The largest absolute Gasteiger partial charge is 0.392 e. The van der Waals surface area contributed by atoms with Crippen LogP contribution < -0.4 is 0 Å². The molecule has 4 bridgehead atoms. The lowest BCUT2D eigenvalue weighted by atomic mass is 9.70. The molecule has 3 saturated carbocycles. The molecule has 0 spiro atoms. The number of terminal acetylenes is 1. The first kappa shape index (κ1) is 19.5. The average molecular weight is 416 g/mol. The molecule has 29 heavy (non-hydrogen) atoms. The number of likely N-dealkylation sites (tertiary alicyclic amines) is 1. The number of fused-ring (bicyclic) bond motifs is 7. The number of imide groups is 1. The molecule has 0 aromatic rings. The summed E-state index contributed by atoms with van der Waals surface area (Å²) in [7, 11) is -1.54. The third-order valence-electron chi connectivity index (χ3n) is 9.30. The third-order valence-corrected chi connectivity index (χ3v) is 11.6. The van der Waals surface area contributed by atoms with Gasteiger partial charge in [-0.05, 0) is 42.9 Å². The maximum Gasteiger partial charge on any atom is 0.249 e. The molecule has 1 saturated heterocycles. The van der Waals surface area contributed by atoms with E-state index in [2.05, 4.69) is 19.8 Å². The SMILES string of the molecule is C#CCCN1C(=O)[C@H]2[C@H]3C=C[C@H](C3)[C@@]2([S@](=O)C[C@]23CC[C@H](C[C@H]2O)C3(C)C)C1=O. The molecule has 5 aliphatic rings. The number of nitrogens with zero attached hydrogens (tertiary/aromatic N) is 1. The molecule has 5 rings (SSSR count). The van der Waals surface area contributed by atoms with Crippen LogP contribution in [0.3, 0.4) is 0 Å². The maximum atomic E-state index is 14.1.